The number of rotatable bonds is 6. The summed E-state index contributed by atoms with van der Waals surface area (Å²) in [5, 5.41) is 3.95. The van der Waals surface area contributed by atoms with E-state index in [1.54, 1.807) is 0 Å². The van der Waals surface area contributed by atoms with Crippen molar-refractivity contribution in [3.8, 4) is 0 Å². The molecule has 0 aliphatic heterocycles. The third-order valence-electron chi connectivity index (χ3n) is 2.16. The number of benzene rings is 1. The summed E-state index contributed by atoms with van der Waals surface area (Å²) >= 11 is 7.42. The number of thioether (sulfide) groups is 1. The van der Waals surface area contributed by atoms with E-state index in [-0.39, 0.29) is 5.97 Å². The predicted octanol–water partition coefficient (Wildman–Crippen LogP) is 2.71. The highest BCUT2D eigenvalue weighted by Gasteiger charge is 2.07. The SMILES string of the molecule is CCNCc1cc(Cl)ccc1SCC(=O)OC. The first-order chi connectivity index (χ1) is 8.17. The van der Waals surface area contributed by atoms with Crippen molar-refractivity contribution < 1.29 is 9.53 Å². The Hall–Kier alpha value is -0.710. The number of hydrogen-bond donors (Lipinski definition) is 1. The molecule has 0 saturated heterocycles. The Bertz CT molecular complexity index is 385. The van der Waals surface area contributed by atoms with Crippen molar-refractivity contribution in [3.05, 3.63) is 28.8 Å². The van der Waals surface area contributed by atoms with Crippen LogP contribution in [0.25, 0.3) is 0 Å². The van der Waals surface area contributed by atoms with Crippen LogP contribution in [0.2, 0.25) is 5.02 Å². The number of hydrogen-bond acceptors (Lipinski definition) is 4. The summed E-state index contributed by atoms with van der Waals surface area (Å²) in [6.45, 7) is 3.69. The Kier molecular flexibility index (Phi) is 6.40. The summed E-state index contributed by atoms with van der Waals surface area (Å²) < 4.78 is 4.62. The Morgan fingerprint density at radius 2 is 2.29 bits per heavy atom. The standard InChI is InChI=1S/C12H16ClNO2S/c1-3-14-7-9-6-10(13)4-5-11(9)17-8-12(15)16-2/h4-6,14H,3,7-8H2,1-2H3. The Balaban J connectivity index is 2.71. The molecule has 1 aromatic rings. The average Bonchev–Trinajstić information content (AvgIpc) is 2.34. The summed E-state index contributed by atoms with van der Waals surface area (Å²) in [5.41, 5.74) is 1.10. The number of ether oxygens (including phenoxy) is 1. The molecule has 17 heavy (non-hydrogen) atoms. The maximum absolute atomic E-state index is 11.1. The second kappa shape index (κ2) is 7.58. The average molecular weight is 274 g/mol. The van der Waals surface area contributed by atoms with E-state index >= 15 is 0 Å². The third kappa shape index (κ3) is 4.98. The van der Waals surface area contributed by atoms with Crippen molar-refractivity contribution in [2.24, 2.45) is 0 Å². The van der Waals surface area contributed by atoms with Crippen molar-refractivity contribution in [2.45, 2.75) is 18.4 Å². The molecular weight excluding hydrogens is 258 g/mol. The van der Waals surface area contributed by atoms with E-state index in [2.05, 4.69) is 10.1 Å². The van der Waals surface area contributed by atoms with Gasteiger partial charge in [-0.1, -0.05) is 18.5 Å². The van der Waals surface area contributed by atoms with Gasteiger partial charge in [-0.15, -0.1) is 11.8 Å². The molecule has 0 heterocycles. The van der Waals surface area contributed by atoms with Gasteiger partial charge in [0.05, 0.1) is 12.9 Å². The second-order valence-corrected chi connectivity index (χ2v) is 4.85. The van der Waals surface area contributed by atoms with Crippen LogP contribution in [0.4, 0.5) is 0 Å². The van der Waals surface area contributed by atoms with Gasteiger partial charge in [0.15, 0.2) is 0 Å². The molecule has 1 aromatic carbocycles. The smallest absolute Gasteiger partial charge is 0.315 e. The Morgan fingerprint density at radius 3 is 2.94 bits per heavy atom. The van der Waals surface area contributed by atoms with Gasteiger partial charge in [0.1, 0.15) is 0 Å². The van der Waals surface area contributed by atoms with Gasteiger partial charge >= 0.3 is 5.97 Å². The molecule has 0 bridgehead atoms. The molecule has 0 unspecified atom stereocenters. The molecule has 0 amide bonds. The fourth-order valence-electron chi connectivity index (χ4n) is 1.28. The van der Waals surface area contributed by atoms with Gasteiger partial charge in [0, 0.05) is 16.5 Å². The van der Waals surface area contributed by atoms with E-state index in [1.807, 2.05) is 25.1 Å². The first-order valence-electron chi connectivity index (χ1n) is 5.36. The van der Waals surface area contributed by atoms with Crippen molar-refractivity contribution in [1.29, 1.82) is 0 Å². The van der Waals surface area contributed by atoms with Crippen molar-refractivity contribution in [2.75, 3.05) is 19.4 Å². The number of nitrogens with one attached hydrogen (secondary N) is 1. The molecule has 0 aromatic heterocycles. The van der Waals surface area contributed by atoms with Crippen LogP contribution >= 0.6 is 23.4 Å². The van der Waals surface area contributed by atoms with Gasteiger partial charge in [0.2, 0.25) is 0 Å². The fourth-order valence-corrected chi connectivity index (χ4v) is 2.35. The van der Waals surface area contributed by atoms with Gasteiger partial charge in [-0.05, 0) is 30.3 Å². The molecule has 1 rings (SSSR count). The van der Waals surface area contributed by atoms with E-state index in [0.29, 0.717) is 10.8 Å². The minimum Gasteiger partial charge on any atom is -0.468 e. The summed E-state index contributed by atoms with van der Waals surface area (Å²) in [7, 11) is 1.39. The first kappa shape index (κ1) is 14.4. The molecule has 0 atom stereocenters. The zero-order valence-corrected chi connectivity index (χ0v) is 11.5. The van der Waals surface area contributed by atoms with Crippen LogP contribution < -0.4 is 5.32 Å². The van der Waals surface area contributed by atoms with Gasteiger partial charge in [-0.25, -0.2) is 0 Å². The van der Waals surface area contributed by atoms with Gasteiger partial charge in [-0.2, -0.15) is 0 Å². The predicted molar refractivity (Wildman–Crippen MR) is 71.6 cm³/mol. The lowest BCUT2D eigenvalue weighted by molar-refractivity contribution is -0.137. The van der Waals surface area contributed by atoms with Crippen molar-refractivity contribution >= 4 is 29.3 Å². The summed E-state index contributed by atoms with van der Waals surface area (Å²) in [6.07, 6.45) is 0. The molecule has 0 radical (unpaired) electrons. The summed E-state index contributed by atoms with van der Waals surface area (Å²) in [5.74, 6) is 0.0939. The van der Waals surface area contributed by atoms with E-state index in [0.717, 1.165) is 23.5 Å². The number of carbonyl (C=O) groups is 1. The quantitative estimate of drug-likeness (QED) is 0.639. The minimum atomic E-state index is -0.223. The van der Waals surface area contributed by atoms with Crippen LogP contribution in [0.3, 0.4) is 0 Å². The molecule has 1 N–H and O–H groups in total. The monoisotopic (exact) mass is 273 g/mol. The zero-order valence-electron chi connectivity index (χ0n) is 9.96. The molecule has 3 nitrogen and oxygen atoms in total. The normalized spacial score (nSPS) is 10.3. The van der Waals surface area contributed by atoms with Crippen LogP contribution in [-0.4, -0.2) is 25.4 Å². The maximum atomic E-state index is 11.1. The van der Waals surface area contributed by atoms with Gasteiger partial charge in [0.25, 0.3) is 0 Å². The first-order valence-corrected chi connectivity index (χ1v) is 6.72. The Labute approximate surface area is 111 Å². The fraction of sp³-hybridized carbons (Fsp3) is 0.417. The highest BCUT2D eigenvalue weighted by molar-refractivity contribution is 8.00. The lowest BCUT2D eigenvalue weighted by Crippen LogP contribution is -2.12. The minimum absolute atomic E-state index is 0.223. The molecule has 0 fully saturated rings. The van der Waals surface area contributed by atoms with Crippen molar-refractivity contribution in [3.63, 3.8) is 0 Å². The molecule has 0 spiro atoms. The van der Waals surface area contributed by atoms with Crippen LogP contribution in [-0.2, 0) is 16.1 Å². The van der Waals surface area contributed by atoms with Gasteiger partial charge < -0.3 is 10.1 Å². The highest BCUT2D eigenvalue weighted by atomic mass is 35.5. The largest absolute Gasteiger partial charge is 0.468 e. The molecule has 0 saturated carbocycles. The lowest BCUT2D eigenvalue weighted by Gasteiger charge is -2.09. The second-order valence-electron chi connectivity index (χ2n) is 3.40. The van der Waals surface area contributed by atoms with Crippen LogP contribution in [0.1, 0.15) is 12.5 Å². The van der Waals surface area contributed by atoms with Crippen LogP contribution in [0.15, 0.2) is 23.1 Å². The third-order valence-corrected chi connectivity index (χ3v) is 3.49. The van der Waals surface area contributed by atoms with Crippen molar-refractivity contribution in [1.82, 2.24) is 5.32 Å². The van der Waals surface area contributed by atoms with Gasteiger partial charge in [-0.3, -0.25) is 4.79 Å². The summed E-state index contributed by atoms with van der Waals surface area (Å²) in [6, 6.07) is 5.68. The molecule has 94 valence electrons. The number of halogens is 1. The number of carbonyl (C=O) groups excluding carboxylic acids is 1. The number of esters is 1. The lowest BCUT2D eigenvalue weighted by atomic mass is 10.2. The summed E-state index contributed by atoms with van der Waals surface area (Å²) in [4.78, 5) is 12.1. The number of methoxy groups -OCH3 is 1. The van der Waals surface area contributed by atoms with E-state index in [1.165, 1.54) is 18.9 Å². The van der Waals surface area contributed by atoms with Crippen LogP contribution in [0.5, 0.6) is 0 Å². The Morgan fingerprint density at radius 1 is 1.53 bits per heavy atom. The maximum Gasteiger partial charge on any atom is 0.315 e. The molecule has 5 heteroatoms. The molecule has 0 aliphatic carbocycles. The molecular formula is C12H16ClNO2S. The van der Waals surface area contributed by atoms with E-state index in [9.17, 15) is 4.79 Å². The molecule has 0 aliphatic rings. The zero-order chi connectivity index (χ0) is 12.7. The van der Waals surface area contributed by atoms with Crippen LogP contribution in [0, 0.1) is 0 Å². The van der Waals surface area contributed by atoms with E-state index < -0.39 is 0 Å². The van der Waals surface area contributed by atoms with E-state index in [4.69, 9.17) is 11.6 Å². The topological polar surface area (TPSA) is 38.3 Å². The highest BCUT2D eigenvalue weighted by Crippen LogP contribution is 2.25.